The lowest BCUT2D eigenvalue weighted by Gasteiger charge is -2.11. The van der Waals surface area contributed by atoms with Crippen LogP contribution >= 0.6 is 0 Å². The molecule has 0 aliphatic rings. The van der Waals surface area contributed by atoms with Crippen LogP contribution in [0.15, 0.2) is 18.2 Å². The summed E-state index contributed by atoms with van der Waals surface area (Å²) in [5.41, 5.74) is 0.0150. The van der Waals surface area contributed by atoms with Gasteiger partial charge in [-0.15, -0.1) is 0 Å². The van der Waals surface area contributed by atoms with Crippen LogP contribution in [0.1, 0.15) is 17.3 Å². The van der Waals surface area contributed by atoms with Gasteiger partial charge in [0.2, 0.25) is 0 Å². The number of nitrogens with one attached hydrogen (secondary N) is 2. The zero-order chi connectivity index (χ0) is 15.3. The van der Waals surface area contributed by atoms with Gasteiger partial charge in [0.1, 0.15) is 11.3 Å². The second kappa shape index (κ2) is 6.90. The molecule has 0 radical (unpaired) electrons. The molecule has 0 saturated heterocycles. The maximum absolute atomic E-state index is 11.6. The van der Waals surface area contributed by atoms with E-state index in [4.69, 9.17) is 5.11 Å². The first-order valence-corrected chi connectivity index (χ1v) is 7.36. The largest absolute Gasteiger partial charge is 0.507 e. The maximum atomic E-state index is 11.6. The third-order valence-corrected chi connectivity index (χ3v) is 3.90. The minimum atomic E-state index is -1.25. The van der Waals surface area contributed by atoms with E-state index >= 15 is 0 Å². The van der Waals surface area contributed by atoms with Crippen LogP contribution in [0.25, 0.3) is 0 Å². The first kappa shape index (κ1) is 16.0. The molecule has 4 N–H and O–H groups in total. The molecule has 7 nitrogen and oxygen atoms in total. The number of carboxylic acid groups (broad SMARTS) is 1. The molecule has 110 valence electrons. The van der Waals surface area contributed by atoms with Crippen LogP contribution in [0.5, 0.6) is 5.75 Å². The van der Waals surface area contributed by atoms with E-state index in [9.17, 15) is 18.9 Å². The number of rotatable bonds is 5. The average molecular weight is 300 g/mol. The SMILES string of the molecule is CC(CNC(=O)Nc1ccc(C(=O)O)c(O)c1)S(C)=O. The normalized spacial score (nSPS) is 13.3. The number of anilines is 1. The number of hydrogen-bond acceptors (Lipinski definition) is 4. The summed E-state index contributed by atoms with van der Waals surface area (Å²) < 4.78 is 11.1. The third kappa shape index (κ3) is 4.54. The summed E-state index contributed by atoms with van der Waals surface area (Å²) in [6, 6.07) is 3.18. The summed E-state index contributed by atoms with van der Waals surface area (Å²) in [5.74, 6) is -1.68. The molecule has 0 aliphatic carbocycles. The van der Waals surface area contributed by atoms with E-state index in [-0.39, 0.29) is 23.0 Å². The summed E-state index contributed by atoms with van der Waals surface area (Å²) in [7, 11) is -1.03. The van der Waals surface area contributed by atoms with Crippen molar-refractivity contribution in [2.75, 3.05) is 18.1 Å². The summed E-state index contributed by atoms with van der Waals surface area (Å²) in [6.45, 7) is 1.98. The molecule has 0 saturated carbocycles. The first-order valence-electron chi connectivity index (χ1n) is 5.74. The molecule has 8 heteroatoms. The van der Waals surface area contributed by atoms with Crippen molar-refractivity contribution in [3.63, 3.8) is 0 Å². The van der Waals surface area contributed by atoms with Crippen molar-refractivity contribution in [2.45, 2.75) is 12.2 Å². The molecular weight excluding hydrogens is 284 g/mol. The molecule has 0 fully saturated rings. The number of hydrogen-bond donors (Lipinski definition) is 4. The van der Waals surface area contributed by atoms with Crippen LogP contribution in [0.4, 0.5) is 10.5 Å². The van der Waals surface area contributed by atoms with E-state index in [2.05, 4.69) is 10.6 Å². The number of carboxylic acids is 1. The minimum absolute atomic E-state index is 0.177. The fourth-order valence-corrected chi connectivity index (χ4v) is 1.64. The van der Waals surface area contributed by atoms with Crippen molar-refractivity contribution in [3.8, 4) is 5.75 Å². The highest BCUT2D eigenvalue weighted by Crippen LogP contribution is 2.21. The molecule has 2 atom stereocenters. The lowest BCUT2D eigenvalue weighted by atomic mass is 10.2. The second-order valence-corrected chi connectivity index (χ2v) is 5.98. The van der Waals surface area contributed by atoms with Gasteiger partial charge in [-0.2, -0.15) is 0 Å². The van der Waals surface area contributed by atoms with Gasteiger partial charge in [0.05, 0.1) is 0 Å². The lowest BCUT2D eigenvalue weighted by Crippen LogP contribution is -2.35. The van der Waals surface area contributed by atoms with E-state index in [0.29, 0.717) is 0 Å². The second-order valence-electron chi connectivity index (χ2n) is 4.18. The summed E-state index contributed by atoms with van der Waals surface area (Å²) >= 11 is 0. The summed E-state index contributed by atoms with van der Waals surface area (Å²) in [4.78, 5) is 22.3. The lowest BCUT2D eigenvalue weighted by molar-refractivity contribution is 0.0694. The van der Waals surface area contributed by atoms with Crippen LogP contribution < -0.4 is 10.6 Å². The smallest absolute Gasteiger partial charge is 0.339 e. The molecule has 0 bridgehead atoms. The van der Waals surface area contributed by atoms with Crippen LogP contribution in [0, 0.1) is 0 Å². The highest BCUT2D eigenvalue weighted by molar-refractivity contribution is 7.84. The predicted molar refractivity (Wildman–Crippen MR) is 75.6 cm³/mol. The number of benzene rings is 1. The van der Waals surface area contributed by atoms with Gasteiger partial charge in [-0.3, -0.25) is 4.21 Å². The first-order chi connectivity index (χ1) is 9.31. The summed E-state index contributed by atoms with van der Waals surface area (Å²) in [6.07, 6.45) is 1.55. The van der Waals surface area contributed by atoms with Gasteiger partial charge in [-0.1, -0.05) is 0 Å². The number of carbonyl (C=O) groups excluding carboxylic acids is 1. The molecule has 1 aromatic carbocycles. The van der Waals surface area contributed by atoms with Crippen LogP contribution in [-0.4, -0.2) is 44.5 Å². The minimum Gasteiger partial charge on any atom is -0.507 e. The quantitative estimate of drug-likeness (QED) is 0.647. The van der Waals surface area contributed by atoms with Crippen molar-refractivity contribution < 1.29 is 24.0 Å². The zero-order valence-corrected chi connectivity index (χ0v) is 11.9. The van der Waals surface area contributed by atoms with E-state index in [1.54, 1.807) is 13.2 Å². The molecule has 0 spiro atoms. The van der Waals surface area contributed by atoms with Gasteiger partial charge >= 0.3 is 12.0 Å². The molecule has 2 amide bonds. The highest BCUT2D eigenvalue weighted by atomic mass is 32.2. The Morgan fingerprint density at radius 2 is 2.05 bits per heavy atom. The Labute approximate surface area is 118 Å². The Hall–Kier alpha value is -2.09. The van der Waals surface area contributed by atoms with Crippen molar-refractivity contribution in [1.29, 1.82) is 0 Å². The van der Waals surface area contributed by atoms with Gasteiger partial charge in [0.15, 0.2) is 0 Å². The molecule has 1 rings (SSSR count). The van der Waals surface area contributed by atoms with Gasteiger partial charge in [0.25, 0.3) is 0 Å². The highest BCUT2D eigenvalue weighted by Gasteiger charge is 2.12. The molecule has 0 heterocycles. The van der Waals surface area contributed by atoms with Crippen molar-refractivity contribution in [2.24, 2.45) is 0 Å². The molecular formula is C12H16N2O5S. The van der Waals surface area contributed by atoms with Crippen LogP contribution in [0.2, 0.25) is 0 Å². The van der Waals surface area contributed by atoms with E-state index in [1.807, 2.05) is 0 Å². The van der Waals surface area contributed by atoms with Gasteiger partial charge in [-0.25, -0.2) is 9.59 Å². The summed E-state index contributed by atoms with van der Waals surface area (Å²) in [5, 5.41) is 23.0. The Balaban J connectivity index is 2.61. The molecule has 1 aromatic rings. The Kier molecular flexibility index (Phi) is 5.51. The molecule has 0 aliphatic heterocycles. The fraction of sp³-hybridized carbons (Fsp3) is 0.333. The molecule has 2 unspecified atom stereocenters. The van der Waals surface area contributed by atoms with Gasteiger partial charge in [0, 0.05) is 40.6 Å². The van der Waals surface area contributed by atoms with Crippen LogP contribution in [0.3, 0.4) is 0 Å². The van der Waals surface area contributed by atoms with E-state index in [0.717, 1.165) is 6.07 Å². The number of phenols is 1. The number of carbonyl (C=O) groups is 2. The standard InChI is InChI=1S/C12H16N2O5S/c1-7(20(2)19)6-13-12(18)14-8-3-4-9(11(16)17)10(15)5-8/h3-5,7,15H,6H2,1-2H3,(H,16,17)(H2,13,14,18). The number of aromatic hydroxyl groups is 1. The fourth-order valence-electron chi connectivity index (χ4n) is 1.32. The zero-order valence-electron chi connectivity index (χ0n) is 11.0. The van der Waals surface area contributed by atoms with E-state index in [1.165, 1.54) is 12.1 Å². The molecule has 20 heavy (non-hydrogen) atoms. The maximum Gasteiger partial charge on any atom is 0.339 e. The van der Waals surface area contributed by atoms with Crippen molar-refractivity contribution >= 4 is 28.5 Å². The monoisotopic (exact) mass is 300 g/mol. The Bertz CT molecular complexity index is 547. The third-order valence-electron chi connectivity index (χ3n) is 2.60. The average Bonchev–Trinajstić information content (AvgIpc) is 2.35. The predicted octanol–water partition coefficient (Wildman–Crippen LogP) is 0.979. The van der Waals surface area contributed by atoms with Crippen molar-refractivity contribution in [1.82, 2.24) is 5.32 Å². The van der Waals surface area contributed by atoms with Gasteiger partial charge < -0.3 is 20.8 Å². The number of amides is 2. The topological polar surface area (TPSA) is 116 Å². The molecule has 0 aromatic heterocycles. The van der Waals surface area contributed by atoms with E-state index < -0.39 is 28.5 Å². The Morgan fingerprint density at radius 1 is 1.40 bits per heavy atom. The Morgan fingerprint density at radius 3 is 2.55 bits per heavy atom. The van der Waals surface area contributed by atoms with Crippen LogP contribution in [-0.2, 0) is 10.8 Å². The number of urea groups is 1. The van der Waals surface area contributed by atoms with Gasteiger partial charge in [-0.05, 0) is 19.1 Å². The number of aromatic carboxylic acids is 1. The van der Waals surface area contributed by atoms with Crippen molar-refractivity contribution in [3.05, 3.63) is 23.8 Å².